The number of amidine groups is 2. The van der Waals surface area contributed by atoms with Crippen molar-refractivity contribution in [2.45, 2.75) is 206 Å². The van der Waals surface area contributed by atoms with E-state index in [0.29, 0.717) is 0 Å². The van der Waals surface area contributed by atoms with Gasteiger partial charge in [-0.05, 0) is 25.3 Å². The topological polar surface area (TPSA) is 31.2 Å². The highest BCUT2D eigenvalue weighted by Crippen LogP contribution is 2.19. The molecule has 2 rings (SSSR count). The van der Waals surface area contributed by atoms with E-state index >= 15 is 0 Å². The van der Waals surface area contributed by atoms with Crippen LogP contribution in [0.5, 0.6) is 0 Å². The van der Waals surface area contributed by atoms with E-state index in [1.807, 2.05) is 0 Å². The SMILES string of the molecule is CCCCCCCCCCCCCCCC=CC1=NCCN1N1CCN=C1CCCCCCCCCCCCCCCCC. The lowest BCUT2D eigenvalue weighted by Crippen LogP contribution is -2.46. The minimum Gasteiger partial charge on any atom is -0.269 e. The normalized spacial score (nSPS) is 15.2. The van der Waals surface area contributed by atoms with Crippen molar-refractivity contribution in [2.75, 3.05) is 26.2 Å². The van der Waals surface area contributed by atoms with Gasteiger partial charge in [-0.3, -0.25) is 20.0 Å². The summed E-state index contributed by atoms with van der Waals surface area (Å²) in [7, 11) is 0. The molecule has 4 nitrogen and oxygen atoms in total. The van der Waals surface area contributed by atoms with Crippen LogP contribution in [0.1, 0.15) is 206 Å². The van der Waals surface area contributed by atoms with Crippen LogP contribution in [0.15, 0.2) is 22.1 Å². The van der Waals surface area contributed by atoms with Crippen LogP contribution in [0.25, 0.3) is 0 Å². The summed E-state index contributed by atoms with van der Waals surface area (Å²) in [6.07, 6.45) is 46.8. The summed E-state index contributed by atoms with van der Waals surface area (Å²) in [6, 6.07) is 0. The van der Waals surface area contributed by atoms with Crippen LogP contribution in [0.2, 0.25) is 0 Å². The lowest BCUT2D eigenvalue weighted by molar-refractivity contribution is 0.160. The van der Waals surface area contributed by atoms with Crippen molar-refractivity contribution in [2.24, 2.45) is 9.98 Å². The van der Waals surface area contributed by atoms with Gasteiger partial charge in [0.1, 0.15) is 11.7 Å². The number of unbranched alkanes of at least 4 members (excludes halogenated alkanes) is 27. The molecule has 0 bridgehead atoms. The van der Waals surface area contributed by atoms with Crippen molar-refractivity contribution in [1.29, 1.82) is 0 Å². The van der Waals surface area contributed by atoms with Crippen LogP contribution in [0.3, 0.4) is 0 Å². The van der Waals surface area contributed by atoms with E-state index in [9.17, 15) is 0 Å². The van der Waals surface area contributed by atoms with Gasteiger partial charge in [-0.15, -0.1) is 0 Å². The van der Waals surface area contributed by atoms with E-state index in [4.69, 9.17) is 9.98 Å². The van der Waals surface area contributed by atoms with Gasteiger partial charge in [0.05, 0.1) is 26.2 Å². The van der Waals surface area contributed by atoms with Gasteiger partial charge < -0.3 is 0 Å². The van der Waals surface area contributed by atoms with Crippen LogP contribution < -0.4 is 0 Å². The molecule has 0 unspecified atom stereocenters. The Hall–Kier alpha value is -1.32. The number of allylic oxidation sites excluding steroid dienone is 1. The van der Waals surface area contributed by atoms with Crippen LogP contribution >= 0.6 is 0 Å². The van der Waals surface area contributed by atoms with E-state index in [1.54, 1.807) is 0 Å². The number of rotatable bonds is 32. The van der Waals surface area contributed by atoms with Gasteiger partial charge in [0.25, 0.3) is 0 Å². The molecule has 0 aromatic carbocycles. The summed E-state index contributed by atoms with van der Waals surface area (Å²) < 4.78 is 0. The Bertz CT molecular complexity index is 727. The molecule has 0 atom stereocenters. The average molecular weight is 613 g/mol. The molecule has 4 heteroatoms. The molecule has 2 aliphatic rings. The highest BCUT2D eigenvalue weighted by molar-refractivity contribution is 5.96. The first-order valence-corrected chi connectivity index (χ1v) is 20.2. The first kappa shape index (κ1) is 38.9. The molecule has 0 aromatic heterocycles. The minimum atomic E-state index is 0.918. The molecule has 0 aliphatic carbocycles. The summed E-state index contributed by atoms with van der Waals surface area (Å²) in [5, 5.41) is 4.86. The fourth-order valence-corrected chi connectivity index (χ4v) is 6.91. The Morgan fingerprint density at radius 3 is 1.32 bits per heavy atom. The lowest BCUT2D eigenvalue weighted by Gasteiger charge is -2.32. The molecule has 0 saturated heterocycles. The second kappa shape index (κ2) is 29.1. The lowest BCUT2D eigenvalue weighted by atomic mass is 10.0. The summed E-state index contributed by atoms with van der Waals surface area (Å²) in [6.45, 7) is 8.51. The van der Waals surface area contributed by atoms with Crippen LogP contribution in [-0.4, -0.2) is 47.9 Å². The third kappa shape index (κ3) is 19.9. The first-order chi connectivity index (χ1) is 21.9. The molecule has 0 amide bonds. The van der Waals surface area contributed by atoms with Gasteiger partial charge in [-0.2, -0.15) is 0 Å². The van der Waals surface area contributed by atoms with E-state index < -0.39 is 0 Å². The Labute approximate surface area is 276 Å². The third-order valence-corrected chi connectivity index (χ3v) is 9.79. The second-order valence-corrected chi connectivity index (χ2v) is 13.9. The molecule has 2 aliphatic heterocycles. The number of hydrogen-bond donors (Lipinski definition) is 0. The fraction of sp³-hybridized carbons (Fsp3) is 0.900. The Kier molecular flexibility index (Phi) is 25.7. The predicted octanol–water partition coefficient (Wildman–Crippen LogP) is 12.6. The van der Waals surface area contributed by atoms with Crippen LogP contribution in [0.4, 0.5) is 0 Å². The molecule has 0 aromatic rings. The van der Waals surface area contributed by atoms with Crippen molar-refractivity contribution in [3.8, 4) is 0 Å². The molecule has 256 valence electrons. The van der Waals surface area contributed by atoms with Crippen molar-refractivity contribution in [1.82, 2.24) is 10.0 Å². The summed E-state index contributed by atoms with van der Waals surface area (Å²) in [5.41, 5.74) is 0. The zero-order valence-electron chi connectivity index (χ0n) is 30.0. The van der Waals surface area contributed by atoms with Gasteiger partial charge in [0.15, 0.2) is 0 Å². The van der Waals surface area contributed by atoms with Crippen molar-refractivity contribution in [3.05, 3.63) is 12.2 Å². The molecule has 0 spiro atoms. The molecule has 0 radical (unpaired) electrons. The molecular formula is C40H76N4. The second-order valence-electron chi connectivity index (χ2n) is 13.9. The molecule has 2 heterocycles. The monoisotopic (exact) mass is 613 g/mol. The predicted molar refractivity (Wildman–Crippen MR) is 197 cm³/mol. The maximum absolute atomic E-state index is 4.90. The Morgan fingerprint density at radius 1 is 0.455 bits per heavy atom. The van der Waals surface area contributed by atoms with Crippen molar-refractivity contribution >= 4 is 11.7 Å². The van der Waals surface area contributed by atoms with Gasteiger partial charge in [0.2, 0.25) is 0 Å². The van der Waals surface area contributed by atoms with Crippen molar-refractivity contribution in [3.63, 3.8) is 0 Å². The number of hydrogen-bond acceptors (Lipinski definition) is 4. The van der Waals surface area contributed by atoms with Gasteiger partial charge in [-0.1, -0.05) is 187 Å². The van der Waals surface area contributed by atoms with E-state index in [-0.39, 0.29) is 0 Å². The van der Waals surface area contributed by atoms with Crippen LogP contribution in [-0.2, 0) is 0 Å². The molecule has 44 heavy (non-hydrogen) atoms. The molecule has 0 saturated carbocycles. The summed E-state index contributed by atoms with van der Waals surface area (Å²) in [5.74, 6) is 2.46. The van der Waals surface area contributed by atoms with Crippen LogP contribution in [0, 0.1) is 0 Å². The molecular weight excluding hydrogens is 536 g/mol. The Morgan fingerprint density at radius 2 is 0.841 bits per heavy atom. The smallest absolute Gasteiger partial charge is 0.142 e. The van der Waals surface area contributed by atoms with Crippen molar-refractivity contribution < 1.29 is 0 Å². The maximum atomic E-state index is 4.90. The minimum absolute atomic E-state index is 0.918. The summed E-state index contributed by atoms with van der Waals surface area (Å²) in [4.78, 5) is 9.73. The molecule has 0 N–H and O–H groups in total. The summed E-state index contributed by atoms with van der Waals surface area (Å²) >= 11 is 0. The average Bonchev–Trinajstić information content (AvgIpc) is 3.70. The van der Waals surface area contributed by atoms with Gasteiger partial charge >= 0.3 is 0 Å². The zero-order chi connectivity index (χ0) is 31.2. The van der Waals surface area contributed by atoms with E-state index in [1.165, 1.54) is 192 Å². The first-order valence-electron chi connectivity index (χ1n) is 20.2. The fourth-order valence-electron chi connectivity index (χ4n) is 6.91. The maximum Gasteiger partial charge on any atom is 0.142 e. The van der Waals surface area contributed by atoms with E-state index in [2.05, 4.69) is 36.0 Å². The Balaban J connectivity index is 1.43. The van der Waals surface area contributed by atoms with Gasteiger partial charge in [0, 0.05) is 6.42 Å². The standard InChI is InChI=1S/C40H76N4/c1-3-5-7-9-11-13-15-17-19-21-23-25-27-29-31-33-39-41-35-37-43(39)44-38-36-42-40(44)34-32-30-28-26-24-22-20-18-16-14-12-10-8-6-4-2/h31,33H,3-30,32,34-38H2,1-2H3. The van der Waals surface area contributed by atoms with Gasteiger partial charge in [-0.25, -0.2) is 0 Å². The third-order valence-electron chi connectivity index (χ3n) is 9.79. The highest BCUT2D eigenvalue weighted by Gasteiger charge is 2.27. The number of hydrazine groups is 1. The molecule has 0 fully saturated rings. The number of nitrogens with zero attached hydrogens (tertiary/aromatic N) is 4. The highest BCUT2D eigenvalue weighted by atomic mass is 15.7. The largest absolute Gasteiger partial charge is 0.269 e. The number of aliphatic imine (C=N–C) groups is 2. The quantitative estimate of drug-likeness (QED) is 0.0708. The zero-order valence-corrected chi connectivity index (χ0v) is 30.0. The van der Waals surface area contributed by atoms with E-state index in [0.717, 1.165) is 38.4 Å².